The van der Waals surface area contributed by atoms with Crippen molar-refractivity contribution in [2.24, 2.45) is 4.99 Å². The van der Waals surface area contributed by atoms with Crippen LogP contribution in [0.3, 0.4) is 0 Å². The highest BCUT2D eigenvalue weighted by atomic mass is 16.3. The Morgan fingerprint density at radius 3 is 1.61 bits per heavy atom. The lowest BCUT2D eigenvalue weighted by Crippen LogP contribution is -2.44. The van der Waals surface area contributed by atoms with Crippen molar-refractivity contribution in [3.63, 3.8) is 0 Å². The average Bonchev–Trinajstić information content (AvgIpc) is 4.10. The number of aliphatic imine (C=N–C) groups is 1. The van der Waals surface area contributed by atoms with Gasteiger partial charge in [-0.1, -0.05) is 194 Å². The lowest BCUT2D eigenvalue weighted by Gasteiger charge is -2.32. The summed E-state index contributed by atoms with van der Waals surface area (Å²) < 4.78 is 12.3. The lowest BCUT2D eigenvalue weighted by atomic mass is 9.96. The molecule has 2 atom stereocenters. The molecule has 13 aromatic rings. The molecule has 0 saturated heterocycles. The van der Waals surface area contributed by atoms with Crippen molar-refractivity contribution < 1.29 is 4.42 Å². The number of hydrogen-bond donors (Lipinski definition) is 2. The molecule has 0 radical (unpaired) electrons. The summed E-state index contributed by atoms with van der Waals surface area (Å²) in [6.07, 6.45) is -0.464. The SMILES string of the molecule is c1ccc(C2=NC(c3ccccc3)NC(c3cccc(-c4ccc(-n5c6ccccc6c6ccccc65)c5oc6c(-n7c8ccccc8c8ccc(-c9ccccc9)cc87)cccc6c45)c3)N2)cc1. The maximum absolute atomic E-state index is 7.53. The molecule has 1 aliphatic rings. The van der Waals surface area contributed by atoms with Crippen LogP contribution in [0.25, 0.3) is 99.2 Å². The van der Waals surface area contributed by atoms with E-state index in [-0.39, 0.29) is 12.3 Å². The third-order valence-electron chi connectivity index (χ3n) is 14.0. The van der Waals surface area contributed by atoms with E-state index in [2.05, 4.69) is 244 Å². The molecule has 0 fully saturated rings. The summed E-state index contributed by atoms with van der Waals surface area (Å²) >= 11 is 0. The van der Waals surface area contributed by atoms with E-state index < -0.39 is 0 Å². The number of benzene rings is 10. The Bertz CT molecular complexity index is 4090. The van der Waals surface area contributed by atoms with Gasteiger partial charge in [0.25, 0.3) is 0 Å². The first kappa shape index (κ1) is 39.2. The molecule has 0 bridgehead atoms. The molecule has 14 rings (SSSR count). The van der Waals surface area contributed by atoms with E-state index in [1.807, 2.05) is 12.1 Å². The summed E-state index contributed by atoms with van der Waals surface area (Å²) in [5, 5.41) is 14.5. The molecule has 0 spiro atoms. The van der Waals surface area contributed by atoms with Gasteiger partial charge in [-0.15, -0.1) is 0 Å². The molecule has 0 aliphatic carbocycles. The van der Waals surface area contributed by atoms with Gasteiger partial charge in [0, 0.05) is 37.9 Å². The van der Waals surface area contributed by atoms with E-state index in [0.29, 0.717) is 0 Å². The summed E-state index contributed by atoms with van der Waals surface area (Å²) in [5.74, 6) is 0.853. The van der Waals surface area contributed by atoms with Crippen molar-refractivity contribution in [3.8, 4) is 33.6 Å². The van der Waals surface area contributed by atoms with Crippen LogP contribution in [0, 0.1) is 0 Å². The van der Waals surface area contributed by atoms with E-state index in [9.17, 15) is 0 Å². The Hall–Kier alpha value is -8.97. The number of rotatable bonds is 7. The molecule has 0 amide bonds. The van der Waals surface area contributed by atoms with Crippen LogP contribution in [-0.2, 0) is 0 Å². The average molecular weight is 886 g/mol. The predicted molar refractivity (Wildman–Crippen MR) is 284 cm³/mol. The smallest absolute Gasteiger partial charge is 0.160 e. The van der Waals surface area contributed by atoms with E-state index in [0.717, 1.165) is 89.0 Å². The first-order chi connectivity index (χ1) is 34.2. The van der Waals surface area contributed by atoms with Gasteiger partial charge in [0.1, 0.15) is 18.2 Å². The highest BCUT2D eigenvalue weighted by molar-refractivity contribution is 6.19. The molecule has 326 valence electrons. The minimum absolute atomic E-state index is 0.223. The van der Waals surface area contributed by atoms with Crippen molar-refractivity contribution >= 4 is 71.4 Å². The fourth-order valence-corrected chi connectivity index (χ4v) is 10.9. The van der Waals surface area contributed by atoms with Crippen molar-refractivity contribution in [2.75, 3.05) is 0 Å². The minimum Gasteiger partial charge on any atom is -0.452 e. The van der Waals surface area contributed by atoms with Gasteiger partial charge in [-0.25, -0.2) is 4.99 Å². The number of nitrogens with zero attached hydrogens (tertiary/aromatic N) is 3. The van der Waals surface area contributed by atoms with Crippen LogP contribution in [0.5, 0.6) is 0 Å². The summed E-state index contributed by atoms with van der Waals surface area (Å²) in [4.78, 5) is 5.19. The monoisotopic (exact) mass is 885 g/mol. The van der Waals surface area contributed by atoms with Crippen molar-refractivity contribution in [3.05, 3.63) is 253 Å². The first-order valence-corrected chi connectivity index (χ1v) is 23.6. The highest BCUT2D eigenvalue weighted by Crippen LogP contribution is 2.46. The van der Waals surface area contributed by atoms with E-state index in [1.165, 1.54) is 32.7 Å². The van der Waals surface area contributed by atoms with Crippen LogP contribution in [0.4, 0.5) is 0 Å². The van der Waals surface area contributed by atoms with Gasteiger partial charge in [0.2, 0.25) is 0 Å². The number of fused-ring (bicyclic) bond motifs is 9. The fourth-order valence-electron chi connectivity index (χ4n) is 10.9. The van der Waals surface area contributed by atoms with Gasteiger partial charge in [-0.2, -0.15) is 0 Å². The Labute approximate surface area is 398 Å². The Kier molecular flexibility index (Phi) is 9.00. The minimum atomic E-state index is -0.241. The van der Waals surface area contributed by atoms with Gasteiger partial charge < -0.3 is 18.9 Å². The zero-order chi connectivity index (χ0) is 45.4. The molecular weight excluding hydrogens is 843 g/mol. The summed E-state index contributed by atoms with van der Waals surface area (Å²) in [6.45, 7) is 0. The molecule has 4 heterocycles. The van der Waals surface area contributed by atoms with E-state index in [4.69, 9.17) is 9.41 Å². The second kappa shape index (κ2) is 15.8. The second-order valence-electron chi connectivity index (χ2n) is 17.9. The summed E-state index contributed by atoms with van der Waals surface area (Å²) in [5.41, 5.74) is 15.9. The van der Waals surface area contributed by atoms with Crippen molar-refractivity contribution in [2.45, 2.75) is 12.3 Å². The molecule has 10 aromatic carbocycles. The Morgan fingerprint density at radius 1 is 0.377 bits per heavy atom. The largest absolute Gasteiger partial charge is 0.452 e. The predicted octanol–water partition coefficient (Wildman–Crippen LogP) is 15.5. The third-order valence-corrected chi connectivity index (χ3v) is 14.0. The lowest BCUT2D eigenvalue weighted by molar-refractivity contribution is 0.409. The molecule has 6 heteroatoms. The number of para-hydroxylation sites is 4. The third kappa shape index (κ3) is 6.34. The number of amidine groups is 1. The fraction of sp³-hybridized carbons (Fsp3) is 0.0317. The van der Waals surface area contributed by atoms with Gasteiger partial charge >= 0.3 is 0 Å². The van der Waals surface area contributed by atoms with Gasteiger partial charge in [0.15, 0.2) is 11.2 Å². The zero-order valence-electron chi connectivity index (χ0n) is 37.4. The number of nitrogens with one attached hydrogen (secondary N) is 2. The Morgan fingerprint density at radius 2 is 0.913 bits per heavy atom. The Balaban J connectivity index is 1.01. The maximum atomic E-state index is 7.53. The number of hydrogen-bond acceptors (Lipinski definition) is 4. The van der Waals surface area contributed by atoms with Gasteiger partial charge in [0.05, 0.1) is 33.4 Å². The van der Waals surface area contributed by atoms with Crippen molar-refractivity contribution in [1.82, 2.24) is 19.8 Å². The molecule has 2 unspecified atom stereocenters. The highest BCUT2D eigenvalue weighted by Gasteiger charge is 2.27. The van der Waals surface area contributed by atoms with Crippen LogP contribution in [0.2, 0.25) is 0 Å². The van der Waals surface area contributed by atoms with E-state index in [1.54, 1.807) is 0 Å². The quantitative estimate of drug-likeness (QED) is 0.168. The van der Waals surface area contributed by atoms with Gasteiger partial charge in [-0.3, -0.25) is 5.32 Å². The number of aromatic nitrogens is 2. The molecular formula is C63H43N5O. The van der Waals surface area contributed by atoms with Crippen LogP contribution in [-0.4, -0.2) is 15.0 Å². The summed E-state index contributed by atoms with van der Waals surface area (Å²) in [7, 11) is 0. The van der Waals surface area contributed by atoms with E-state index >= 15 is 0 Å². The van der Waals surface area contributed by atoms with Crippen LogP contribution in [0.1, 0.15) is 29.0 Å². The topological polar surface area (TPSA) is 59.4 Å². The molecule has 6 nitrogen and oxygen atoms in total. The first-order valence-electron chi connectivity index (χ1n) is 23.6. The van der Waals surface area contributed by atoms with Gasteiger partial charge in [-0.05, 0) is 75.8 Å². The second-order valence-corrected chi connectivity index (χ2v) is 17.9. The number of furan rings is 1. The molecule has 69 heavy (non-hydrogen) atoms. The van der Waals surface area contributed by atoms with Crippen molar-refractivity contribution in [1.29, 1.82) is 0 Å². The van der Waals surface area contributed by atoms with Crippen LogP contribution in [0.15, 0.2) is 246 Å². The standard InChI is InChI=1S/C63H43N5O/c1-4-18-40(19-5-1)43-34-35-50-49-28-12-15-32-54(49)68(57(50)39-43)55-33-17-29-51-58-46(36-37-56(60(58)69-59(51)55)67-52-30-13-10-26-47(52)48-27-11-14-31-53(48)67)44-24-16-25-45(38-44)63-65-61(41-20-6-2-7-21-41)64-62(66-63)42-22-8-3-9-23-42/h1-39,61,63,65H,(H,64,66). The maximum Gasteiger partial charge on any atom is 0.160 e. The van der Waals surface area contributed by atoms with Crippen LogP contribution < -0.4 is 10.6 Å². The zero-order valence-corrected chi connectivity index (χ0v) is 37.4. The molecule has 1 aliphatic heterocycles. The molecule has 2 N–H and O–H groups in total. The normalized spacial score (nSPS) is 15.1. The molecule has 3 aromatic heterocycles. The summed E-state index contributed by atoms with van der Waals surface area (Å²) in [6, 6.07) is 84.5. The van der Waals surface area contributed by atoms with Crippen LogP contribution >= 0.6 is 0 Å². The molecule has 0 saturated carbocycles.